The van der Waals surface area contributed by atoms with Gasteiger partial charge in [0.2, 0.25) is 0 Å². The number of esters is 1. The van der Waals surface area contributed by atoms with Crippen LogP contribution in [0.5, 0.6) is 0 Å². The van der Waals surface area contributed by atoms with Gasteiger partial charge in [0.05, 0.1) is 23.4 Å². The maximum atomic E-state index is 12.9. The molecular weight excluding hydrogens is 386 g/mol. The van der Waals surface area contributed by atoms with Gasteiger partial charge in [0.25, 0.3) is 5.56 Å². The zero-order valence-corrected chi connectivity index (χ0v) is 17.9. The molecule has 3 aromatic rings. The van der Waals surface area contributed by atoms with Crippen molar-refractivity contribution in [2.45, 2.75) is 40.5 Å². The molecule has 6 nitrogen and oxygen atoms in total. The fourth-order valence-corrected chi connectivity index (χ4v) is 4.38. The van der Waals surface area contributed by atoms with Gasteiger partial charge in [-0.15, -0.1) is 11.3 Å². The molecule has 152 valence electrons. The highest BCUT2D eigenvalue weighted by Crippen LogP contribution is 2.36. The van der Waals surface area contributed by atoms with Gasteiger partial charge in [-0.25, -0.2) is 14.5 Å². The van der Waals surface area contributed by atoms with Gasteiger partial charge in [-0.05, 0) is 44.9 Å². The monoisotopic (exact) mass is 411 g/mol. The van der Waals surface area contributed by atoms with Crippen molar-refractivity contribution in [2.75, 3.05) is 6.61 Å². The Kier molecular flexibility index (Phi) is 6.49. The number of aromatic nitrogens is 2. The smallest absolute Gasteiger partial charge is 0.341 e. The normalized spacial score (nSPS) is 11.3. The lowest BCUT2D eigenvalue weighted by Crippen LogP contribution is -2.17. The average Bonchev–Trinajstić information content (AvgIpc) is 3.17. The van der Waals surface area contributed by atoms with E-state index in [9.17, 15) is 9.59 Å². The molecule has 0 aliphatic carbocycles. The van der Waals surface area contributed by atoms with Crippen LogP contribution in [-0.2, 0) is 11.2 Å². The highest BCUT2D eigenvalue weighted by atomic mass is 32.1. The summed E-state index contributed by atoms with van der Waals surface area (Å²) in [6.45, 7) is 7.94. The number of carbonyl (C=O) groups excluding carboxylic acids is 1. The average molecular weight is 412 g/mol. The summed E-state index contributed by atoms with van der Waals surface area (Å²) in [5.74, 6) is -0.372. The van der Waals surface area contributed by atoms with E-state index in [2.05, 4.69) is 17.0 Å². The molecular formula is C22H25N3O3S. The molecule has 7 heteroatoms. The van der Waals surface area contributed by atoms with E-state index in [1.165, 1.54) is 22.2 Å². The van der Waals surface area contributed by atoms with E-state index < -0.39 is 0 Å². The third kappa shape index (κ3) is 4.24. The quantitative estimate of drug-likeness (QED) is 0.451. The number of para-hydroxylation sites is 1. The molecule has 1 aromatic carbocycles. The summed E-state index contributed by atoms with van der Waals surface area (Å²) in [4.78, 5) is 31.0. The van der Waals surface area contributed by atoms with Crippen LogP contribution in [0.3, 0.4) is 0 Å². The van der Waals surface area contributed by atoms with E-state index in [1.807, 2.05) is 44.2 Å². The third-order valence-corrected chi connectivity index (χ3v) is 5.89. The Bertz CT molecular complexity index is 1090. The summed E-state index contributed by atoms with van der Waals surface area (Å²) in [5, 5.41) is 3.66. The van der Waals surface area contributed by atoms with E-state index >= 15 is 0 Å². The molecule has 0 fully saturated rings. The second-order valence-electron chi connectivity index (χ2n) is 6.69. The summed E-state index contributed by atoms with van der Waals surface area (Å²) in [7, 11) is 0. The third-order valence-electron chi connectivity index (χ3n) is 4.63. The Balaban J connectivity index is 2.02. The number of aromatic amines is 1. The Hall–Kier alpha value is -2.93. The summed E-state index contributed by atoms with van der Waals surface area (Å²) in [5.41, 5.74) is 3.15. The maximum Gasteiger partial charge on any atom is 0.341 e. The minimum absolute atomic E-state index is 0.183. The molecule has 0 atom stereocenters. The summed E-state index contributed by atoms with van der Waals surface area (Å²) in [6, 6.07) is 9.37. The van der Waals surface area contributed by atoms with Crippen molar-refractivity contribution < 1.29 is 9.53 Å². The van der Waals surface area contributed by atoms with E-state index in [4.69, 9.17) is 4.74 Å². The lowest BCUT2D eigenvalue weighted by Gasteiger charge is -2.02. The standard InChI is InChI=1S/C22H25N3O3S/c1-5-10-18-14(3)19(22(27)28-6-2)20(29-18)23-13-17-15(4)24-25(21(17)26)16-11-8-7-9-12-16/h7-9,11-13,24H,5-6,10H2,1-4H3. The van der Waals surface area contributed by atoms with Crippen LogP contribution in [0.1, 0.15) is 52.3 Å². The first-order valence-corrected chi connectivity index (χ1v) is 10.5. The van der Waals surface area contributed by atoms with Crippen LogP contribution in [-0.4, -0.2) is 28.6 Å². The first kappa shape index (κ1) is 20.8. The molecule has 0 aliphatic heterocycles. The summed E-state index contributed by atoms with van der Waals surface area (Å²) < 4.78 is 6.72. The molecule has 29 heavy (non-hydrogen) atoms. The van der Waals surface area contributed by atoms with Crippen LogP contribution in [0, 0.1) is 13.8 Å². The van der Waals surface area contributed by atoms with Crippen LogP contribution in [0.15, 0.2) is 40.1 Å². The Morgan fingerprint density at radius 1 is 1.24 bits per heavy atom. The van der Waals surface area contributed by atoms with Crippen molar-refractivity contribution in [1.29, 1.82) is 0 Å². The molecule has 0 unspecified atom stereocenters. The number of nitrogens with zero attached hydrogens (tertiary/aromatic N) is 2. The van der Waals surface area contributed by atoms with E-state index in [-0.39, 0.29) is 11.5 Å². The van der Waals surface area contributed by atoms with Crippen LogP contribution in [0.25, 0.3) is 5.69 Å². The molecule has 2 heterocycles. The Morgan fingerprint density at radius 2 is 1.97 bits per heavy atom. The Morgan fingerprint density at radius 3 is 2.62 bits per heavy atom. The second kappa shape index (κ2) is 9.05. The van der Waals surface area contributed by atoms with Crippen molar-refractivity contribution in [1.82, 2.24) is 9.78 Å². The van der Waals surface area contributed by atoms with Crippen molar-refractivity contribution in [3.8, 4) is 5.69 Å². The number of thiophene rings is 1. The fourth-order valence-electron chi connectivity index (χ4n) is 3.14. The van der Waals surface area contributed by atoms with Gasteiger partial charge >= 0.3 is 5.97 Å². The van der Waals surface area contributed by atoms with Crippen LogP contribution < -0.4 is 5.56 Å². The van der Waals surface area contributed by atoms with E-state index in [0.717, 1.165) is 29.0 Å². The lowest BCUT2D eigenvalue weighted by atomic mass is 10.1. The zero-order chi connectivity index (χ0) is 21.0. The first-order valence-electron chi connectivity index (χ1n) is 9.68. The molecule has 0 aliphatic rings. The first-order chi connectivity index (χ1) is 14.0. The topological polar surface area (TPSA) is 76.5 Å². The number of H-pyrrole nitrogens is 1. The number of hydrogen-bond acceptors (Lipinski definition) is 5. The fraction of sp³-hybridized carbons (Fsp3) is 0.318. The van der Waals surface area contributed by atoms with Crippen molar-refractivity contribution in [3.63, 3.8) is 0 Å². The molecule has 0 saturated carbocycles. The number of carbonyl (C=O) groups is 1. The lowest BCUT2D eigenvalue weighted by molar-refractivity contribution is 0.0527. The molecule has 3 rings (SSSR count). The summed E-state index contributed by atoms with van der Waals surface area (Å²) >= 11 is 1.48. The van der Waals surface area contributed by atoms with Crippen LogP contribution >= 0.6 is 11.3 Å². The largest absolute Gasteiger partial charge is 0.462 e. The van der Waals surface area contributed by atoms with Gasteiger partial charge in [0.15, 0.2) is 0 Å². The zero-order valence-electron chi connectivity index (χ0n) is 17.1. The van der Waals surface area contributed by atoms with Gasteiger partial charge in [-0.2, -0.15) is 0 Å². The number of hydrogen-bond donors (Lipinski definition) is 1. The molecule has 0 saturated heterocycles. The molecule has 0 amide bonds. The number of benzene rings is 1. The number of nitrogens with one attached hydrogen (secondary N) is 1. The molecule has 0 radical (unpaired) electrons. The molecule has 1 N–H and O–H groups in total. The van der Waals surface area contributed by atoms with Crippen molar-refractivity contribution in [2.24, 2.45) is 4.99 Å². The molecule has 2 aromatic heterocycles. The number of ether oxygens (including phenoxy) is 1. The molecule has 0 bridgehead atoms. The van der Waals surface area contributed by atoms with Crippen molar-refractivity contribution >= 4 is 28.5 Å². The number of aryl methyl sites for hydroxylation is 2. The highest BCUT2D eigenvalue weighted by Gasteiger charge is 2.22. The van der Waals surface area contributed by atoms with Gasteiger partial charge in [0.1, 0.15) is 5.00 Å². The second-order valence-corrected chi connectivity index (χ2v) is 7.77. The predicted molar refractivity (Wildman–Crippen MR) is 117 cm³/mol. The van der Waals surface area contributed by atoms with Crippen molar-refractivity contribution in [3.05, 3.63) is 67.9 Å². The molecule has 0 spiro atoms. The van der Waals surface area contributed by atoms with E-state index in [1.54, 1.807) is 6.92 Å². The summed E-state index contributed by atoms with van der Waals surface area (Å²) in [6.07, 6.45) is 3.39. The Labute approximate surface area is 173 Å². The van der Waals surface area contributed by atoms with Gasteiger partial charge in [-0.1, -0.05) is 31.5 Å². The minimum Gasteiger partial charge on any atom is -0.462 e. The number of aliphatic imine (C=N–C) groups is 1. The SMILES string of the molecule is CCCc1sc(N=Cc2c(C)[nH]n(-c3ccccc3)c2=O)c(C(=O)OCC)c1C. The van der Waals surface area contributed by atoms with Gasteiger partial charge in [-0.3, -0.25) is 9.89 Å². The van der Waals surface area contributed by atoms with Gasteiger partial charge in [0, 0.05) is 16.8 Å². The van der Waals surface area contributed by atoms with Crippen LogP contribution in [0.2, 0.25) is 0 Å². The predicted octanol–water partition coefficient (Wildman–Crippen LogP) is 4.72. The highest BCUT2D eigenvalue weighted by molar-refractivity contribution is 7.16. The van der Waals surface area contributed by atoms with Crippen LogP contribution in [0.4, 0.5) is 5.00 Å². The maximum absolute atomic E-state index is 12.9. The van der Waals surface area contributed by atoms with E-state index in [0.29, 0.717) is 28.4 Å². The van der Waals surface area contributed by atoms with Gasteiger partial charge < -0.3 is 4.74 Å². The number of rotatable bonds is 7. The minimum atomic E-state index is -0.372.